The van der Waals surface area contributed by atoms with E-state index in [1.165, 1.54) is 43.4 Å². The van der Waals surface area contributed by atoms with E-state index in [-0.39, 0.29) is 50.5 Å². The summed E-state index contributed by atoms with van der Waals surface area (Å²) >= 11 is 0. The van der Waals surface area contributed by atoms with Crippen LogP contribution in [0.5, 0.6) is 11.5 Å². The molecule has 0 unspecified atom stereocenters. The van der Waals surface area contributed by atoms with Gasteiger partial charge in [-0.3, -0.25) is 14.4 Å². The number of hydrogen-bond donors (Lipinski definition) is 2. The van der Waals surface area contributed by atoms with Gasteiger partial charge in [0, 0.05) is 24.7 Å². The van der Waals surface area contributed by atoms with Crippen LogP contribution >= 0.6 is 0 Å². The summed E-state index contributed by atoms with van der Waals surface area (Å²) in [6.07, 6.45) is 0.428. The predicted molar refractivity (Wildman–Crippen MR) is 122 cm³/mol. The molecule has 3 amide bonds. The highest BCUT2D eigenvalue weighted by atomic mass is 16.5. The number of nitrogens with zero attached hydrogens (tertiary/aromatic N) is 1. The summed E-state index contributed by atoms with van der Waals surface area (Å²) in [5.41, 5.74) is 0.998. The second-order valence-electron chi connectivity index (χ2n) is 7.47. The van der Waals surface area contributed by atoms with Gasteiger partial charge in [0.15, 0.2) is 0 Å². The molecule has 180 valence electrons. The molecule has 10 heteroatoms. The lowest BCUT2D eigenvalue weighted by molar-refractivity contribution is -0.121. The van der Waals surface area contributed by atoms with Crippen molar-refractivity contribution in [2.75, 3.05) is 47.0 Å². The Morgan fingerprint density at radius 1 is 0.971 bits per heavy atom. The molecular weight excluding hydrogens is 442 g/mol. The zero-order valence-corrected chi connectivity index (χ0v) is 19.1. The van der Waals surface area contributed by atoms with Crippen molar-refractivity contribution in [3.05, 3.63) is 59.2 Å². The molecule has 1 aliphatic rings. The number of nitrogens with one attached hydrogen (secondary N) is 2. The van der Waals surface area contributed by atoms with E-state index < -0.39 is 5.97 Å². The first-order valence-corrected chi connectivity index (χ1v) is 10.8. The zero-order valence-electron chi connectivity index (χ0n) is 19.1. The van der Waals surface area contributed by atoms with Gasteiger partial charge in [-0.1, -0.05) is 0 Å². The first kappa shape index (κ1) is 24.6. The number of fused-ring (bicyclic) bond motifs is 1. The molecule has 0 atom stereocenters. The Labute approximate surface area is 197 Å². The maximum absolute atomic E-state index is 13.0. The van der Waals surface area contributed by atoms with Crippen LogP contribution in [-0.4, -0.2) is 75.6 Å². The SMILES string of the molecule is COC(=O)c1ccc(C(=O)N2CCCNC(=O)c3ccc(OC)cc3OCCNC(=O)C2)cc1. The Morgan fingerprint density at radius 2 is 1.71 bits per heavy atom. The maximum atomic E-state index is 13.0. The van der Waals surface area contributed by atoms with E-state index in [1.807, 2.05) is 0 Å². The highest BCUT2D eigenvalue weighted by Crippen LogP contribution is 2.25. The van der Waals surface area contributed by atoms with Crippen LogP contribution in [0.15, 0.2) is 42.5 Å². The molecular formula is C24H27N3O7. The number of rotatable bonds is 3. The molecule has 0 bridgehead atoms. The average Bonchev–Trinajstić information content (AvgIpc) is 2.86. The van der Waals surface area contributed by atoms with Gasteiger partial charge in [-0.15, -0.1) is 0 Å². The number of amides is 3. The molecule has 0 saturated carbocycles. The lowest BCUT2D eigenvalue weighted by Crippen LogP contribution is -2.43. The quantitative estimate of drug-likeness (QED) is 0.649. The van der Waals surface area contributed by atoms with Gasteiger partial charge in [0.1, 0.15) is 18.1 Å². The fraction of sp³-hybridized carbons (Fsp3) is 0.333. The standard InChI is InChI=1S/C24H27N3O7/c1-32-18-8-9-19-20(14-18)34-13-11-25-21(28)15-27(12-3-10-26-22(19)29)23(30)16-4-6-17(7-5-16)24(31)33-2/h4-9,14H,3,10-13,15H2,1-2H3,(H,25,28)(H,26,29). The molecule has 0 saturated heterocycles. The van der Waals surface area contributed by atoms with E-state index in [4.69, 9.17) is 9.47 Å². The van der Waals surface area contributed by atoms with E-state index in [2.05, 4.69) is 15.4 Å². The lowest BCUT2D eigenvalue weighted by Gasteiger charge is -2.23. The number of methoxy groups -OCH3 is 2. The third kappa shape index (κ3) is 6.25. The third-order valence-corrected chi connectivity index (χ3v) is 5.18. The minimum Gasteiger partial charge on any atom is -0.497 e. The van der Waals surface area contributed by atoms with Gasteiger partial charge < -0.3 is 29.7 Å². The first-order valence-electron chi connectivity index (χ1n) is 10.8. The zero-order chi connectivity index (χ0) is 24.5. The van der Waals surface area contributed by atoms with Crippen molar-refractivity contribution in [2.24, 2.45) is 0 Å². The summed E-state index contributed by atoms with van der Waals surface area (Å²) in [4.78, 5) is 51.2. The van der Waals surface area contributed by atoms with Crippen LogP contribution in [0.3, 0.4) is 0 Å². The molecule has 3 rings (SSSR count). The van der Waals surface area contributed by atoms with Crippen LogP contribution in [0.25, 0.3) is 0 Å². The number of esters is 1. The lowest BCUT2D eigenvalue weighted by atomic mass is 10.1. The Kier molecular flexibility index (Phi) is 8.44. The summed E-state index contributed by atoms with van der Waals surface area (Å²) in [5, 5.41) is 5.54. The van der Waals surface area contributed by atoms with Crippen molar-refractivity contribution in [3.63, 3.8) is 0 Å². The van der Waals surface area contributed by atoms with Crippen LogP contribution in [0, 0.1) is 0 Å². The van der Waals surface area contributed by atoms with Crippen LogP contribution in [0.4, 0.5) is 0 Å². The van der Waals surface area contributed by atoms with Crippen molar-refractivity contribution >= 4 is 23.7 Å². The Bertz CT molecular complexity index is 1050. The van der Waals surface area contributed by atoms with Gasteiger partial charge in [-0.25, -0.2) is 4.79 Å². The molecule has 2 aromatic rings. The van der Waals surface area contributed by atoms with E-state index in [9.17, 15) is 19.2 Å². The van der Waals surface area contributed by atoms with Gasteiger partial charge >= 0.3 is 5.97 Å². The number of hydrogen-bond acceptors (Lipinski definition) is 7. The fourth-order valence-corrected chi connectivity index (χ4v) is 3.39. The monoisotopic (exact) mass is 469 g/mol. The average molecular weight is 469 g/mol. The van der Waals surface area contributed by atoms with Crippen molar-refractivity contribution in [1.29, 1.82) is 0 Å². The van der Waals surface area contributed by atoms with Crippen LogP contribution in [0.2, 0.25) is 0 Å². The number of ether oxygens (including phenoxy) is 3. The normalized spacial score (nSPS) is 15.1. The van der Waals surface area contributed by atoms with Crippen LogP contribution < -0.4 is 20.1 Å². The van der Waals surface area contributed by atoms with Gasteiger partial charge in [0.2, 0.25) is 5.91 Å². The second kappa shape index (κ2) is 11.7. The molecule has 0 aliphatic carbocycles. The first-order chi connectivity index (χ1) is 16.4. The number of carbonyl (C=O) groups excluding carboxylic acids is 4. The molecule has 34 heavy (non-hydrogen) atoms. The van der Waals surface area contributed by atoms with Crippen LogP contribution in [-0.2, 0) is 9.53 Å². The minimum atomic E-state index is -0.505. The Hall–Kier alpha value is -4.08. The molecule has 0 spiro atoms. The van der Waals surface area contributed by atoms with Crippen molar-refractivity contribution in [2.45, 2.75) is 6.42 Å². The van der Waals surface area contributed by atoms with Crippen molar-refractivity contribution in [3.8, 4) is 11.5 Å². The smallest absolute Gasteiger partial charge is 0.337 e. The summed E-state index contributed by atoms with van der Waals surface area (Å²) in [6.45, 7) is 0.694. The van der Waals surface area contributed by atoms with Gasteiger partial charge in [0.05, 0.1) is 38.4 Å². The molecule has 2 aromatic carbocycles. The minimum absolute atomic E-state index is 0.127. The van der Waals surface area contributed by atoms with E-state index in [1.54, 1.807) is 18.2 Å². The topological polar surface area (TPSA) is 123 Å². The molecule has 10 nitrogen and oxygen atoms in total. The summed E-state index contributed by atoms with van der Waals surface area (Å²) in [7, 11) is 2.80. The van der Waals surface area contributed by atoms with Crippen molar-refractivity contribution < 1.29 is 33.4 Å². The maximum Gasteiger partial charge on any atom is 0.337 e. The van der Waals surface area contributed by atoms with Crippen LogP contribution in [0.1, 0.15) is 37.5 Å². The Morgan fingerprint density at radius 3 is 2.41 bits per heavy atom. The molecule has 0 fully saturated rings. The molecule has 0 aromatic heterocycles. The summed E-state index contributed by atoms with van der Waals surface area (Å²) < 4.78 is 15.6. The van der Waals surface area contributed by atoms with Gasteiger partial charge in [-0.2, -0.15) is 0 Å². The van der Waals surface area contributed by atoms with Gasteiger partial charge in [-0.05, 0) is 42.8 Å². The largest absolute Gasteiger partial charge is 0.497 e. The second-order valence-corrected chi connectivity index (χ2v) is 7.47. The molecule has 1 aliphatic heterocycles. The summed E-state index contributed by atoms with van der Waals surface area (Å²) in [5.74, 6) is -0.612. The number of benzene rings is 2. The summed E-state index contributed by atoms with van der Waals surface area (Å²) in [6, 6.07) is 10.9. The Balaban J connectivity index is 1.72. The van der Waals surface area contributed by atoms with E-state index in [0.717, 1.165) is 0 Å². The number of carbonyl (C=O) groups is 4. The highest BCUT2D eigenvalue weighted by molar-refractivity contribution is 5.98. The van der Waals surface area contributed by atoms with Gasteiger partial charge in [0.25, 0.3) is 11.8 Å². The molecule has 2 N–H and O–H groups in total. The van der Waals surface area contributed by atoms with E-state index in [0.29, 0.717) is 34.6 Å². The predicted octanol–water partition coefficient (Wildman–Crippen LogP) is 1.25. The molecule has 0 radical (unpaired) electrons. The van der Waals surface area contributed by atoms with E-state index >= 15 is 0 Å². The molecule has 1 heterocycles. The highest BCUT2D eigenvalue weighted by Gasteiger charge is 2.20. The third-order valence-electron chi connectivity index (χ3n) is 5.18. The van der Waals surface area contributed by atoms with Crippen molar-refractivity contribution in [1.82, 2.24) is 15.5 Å². The fourth-order valence-electron chi connectivity index (χ4n) is 3.39.